The molecule has 0 bridgehead atoms. The first kappa shape index (κ1) is 9.77. The van der Waals surface area contributed by atoms with Crippen molar-refractivity contribution in [3.8, 4) is 0 Å². The van der Waals surface area contributed by atoms with Gasteiger partial charge in [0, 0.05) is 6.54 Å². The molecule has 2 aliphatic rings. The molecule has 2 fully saturated rings. The van der Waals surface area contributed by atoms with Crippen LogP contribution in [-0.4, -0.2) is 31.0 Å². The Bertz CT molecular complexity index is 221. The molecule has 2 saturated carbocycles. The number of amides is 1. The summed E-state index contributed by atoms with van der Waals surface area (Å²) in [5.74, 6) is 0.848. The van der Waals surface area contributed by atoms with Crippen LogP contribution in [0.15, 0.2) is 0 Å². The summed E-state index contributed by atoms with van der Waals surface area (Å²) in [4.78, 5) is 11.1. The number of aliphatic hydroxyl groups excluding tert-OH is 1. The molecule has 0 saturated heterocycles. The zero-order chi connectivity index (χ0) is 10.0. The van der Waals surface area contributed by atoms with Gasteiger partial charge in [0.05, 0.1) is 6.61 Å². The molecular weight excluding hydrogens is 182 g/mol. The summed E-state index contributed by atoms with van der Waals surface area (Å²) in [6.07, 6.45) is 4.75. The Balaban J connectivity index is 1.64. The van der Waals surface area contributed by atoms with Crippen LogP contribution in [0, 0.1) is 11.3 Å². The lowest BCUT2D eigenvalue weighted by Crippen LogP contribution is -2.32. The van der Waals surface area contributed by atoms with E-state index < -0.39 is 6.09 Å². The van der Waals surface area contributed by atoms with Gasteiger partial charge in [-0.25, -0.2) is 4.79 Å². The molecule has 0 radical (unpaired) electrons. The van der Waals surface area contributed by atoms with Gasteiger partial charge >= 0.3 is 6.09 Å². The summed E-state index contributed by atoms with van der Waals surface area (Å²) in [5.41, 5.74) is 0.415. The maximum absolute atomic E-state index is 11.1. The second kappa shape index (κ2) is 3.77. The second-order valence-corrected chi connectivity index (χ2v) is 4.35. The van der Waals surface area contributed by atoms with Crippen LogP contribution in [-0.2, 0) is 4.74 Å². The molecule has 4 heteroatoms. The fourth-order valence-electron chi connectivity index (χ4n) is 2.02. The van der Waals surface area contributed by atoms with Crippen LogP contribution >= 0.6 is 0 Å². The van der Waals surface area contributed by atoms with E-state index >= 15 is 0 Å². The predicted octanol–water partition coefficient (Wildman–Crippen LogP) is 0.895. The molecule has 0 aromatic carbocycles. The molecule has 14 heavy (non-hydrogen) atoms. The molecule has 0 aromatic heterocycles. The Labute approximate surface area is 83.6 Å². The van der Waals surface area contributed by atoms with Gasteiger partial charge in [0.1, 0.15) is 6.61 Å². The molecular formula is C10H17NO3. The third kappa shape index (κ3) is 2.18. The molecule has 4 nitrogen and oxygen atoms in total. The van der Waals surface area contributed by atoms with E-state index in [9.17, 15) is 4.79 Å². The Kier molecular flexibility index (Phi) is 2.63. The summed E-state index contributed by atoms with van der Waals surface area (Å²) in [6.45, 7) is 0.728. The molecule has 0 aromatic rings. The number of carbonyl (C=O) groups is 1. The molecule has 0 atom stereocenters. The highest BCUT2D eigenvalue weighted by molar-refractivity contribution is 5.67. The van der Waals surface area contributed by atoms with Gasteiger partial charge in [-0.05, 0) is 37.0 Å². The van der Waals surface area contributed by atoms with Gasteiger partial charge in [-0.15, -0.1) is 0 Å². The first-order valence-corrected chi connectivity index (χ1v) is 5.28. The molecule has 0 spiro atoms. The largest absolute Gasteiger partial charge is 0.447 e. The monoisotopic (exact) mass is 199 g/mol. The van der Waals surface area contributed by atoms with Crippen molar-refractivity contribution >= 4 is 6.09 Å². The number of hydrogen-bond donors (Lipinski definition) is 2. The van der Waals surface area contributed by atoms with E-state index in [0.717, 1.165) is 12.5 Å². The Morgan fingerprint density at radius 2 is 2.21 bits per heavy atom. The molecule has 0 unspecified atom stereocenters. The molecule has 2 aliphatic carbocycles. The van der Waals surface area contributed by atoms with Gasteiger partial charge in [-0.1, -0.05) is 0 Å². The molecule has 0 heterocycles. The molecule has 80 valence electrons. The maximum Gasteiger partial charge on any atom is 0.407 e. The lowest BCUT2D eigenvalue weighted by molar-refractivity contribution is 0.117. The van der Waals surface area contributed by atoms with Crippen LogP contribution in [0.3, 0.4) is 0 Å². The van der Waals surface area contributed by atoms with Crippen molar-refractivity contribution in [3.63, 3.8) is 0 Å². The smallest absolute Gasteiger partial charge is 0.407 e. The van der Waals surface area contributed by atoms with E-state index in [4.69, 9.17) is 9.84 Å². The van der Waals surface area contributed by atoms with Crippen molar-refractivity contribution in [2.75, 3.05) is 19.8 Å². The minimum absolute atomic E-state index is 0.0856. The number of alkyl carbamates (subject to hydrolysis) is 1. The van der Waals surface area contributed by atoms with Crippen molar-refractivity contribution in [1.82, 2.24) is 5.32 Å². The van der Waals surface area contributed by atoms with E-state index in [0.29, 0.717) is 5.41 Å². The summed E-state index contributed by atoms with van der Waals surface area (Å²) < 4.78 is 4.71. The quantitative estimate of drug-likeness (QED) is 0.691. The van der Waals surface area contributed by atoms with E-state index in [1.807, 2.05) is 0 Å². The normalized spacial score (nSPS) is 22.9. The number of carbonyl (C=O) groups excluding carboxylic acids is 1. The van der Waals surface area contributed by atoms with E-state index in [2.05, 4.69) is 5.32 Å². The van der Waals surface area contributed by atoms with E-state index in [1.54, 1.807) is 0 Å². The maximum atomic E-state index is 11.1. The van der Waals surface area contributed by atoms with Crippen molar-refractivity contribution in [2.24, 2.45) is 11.3 Å². The van der Waals surface area contributed by atoms with Crippen LogP contribution < -0.4 is 5.32 Å². The topological polar surface area (TPSA) is 58.6 Å². The third-order valence-corrected chi connectivity index (χ3v) is 3.24. The SMILES string of the molecule is O=C(NCC1(C2CC2)CC1)OCCO. The van der Waals surface area contributed by atoms with Crippen molar-refractivity contribution in [3.05, 3.63) is 0 Å². The zero-order valence-corrected chi connectivity index (χ0v) is 8.29. The number of aliphatic hydroxyl groups is 1. The molecule has 2 rings (SSSR count). The van der Waals surface area contributed by atoms with Crippen LogP contribution in [0.25, 0.3) is 0 Å². The number of nitrogens with one attached hydrogen (secondary N) is 1. The number of rotatable bonds is 5. The van der Waals surface area contributed by atoms with Crippen molar-refractivity contribution < 1.29 is 14.6 Å². The van der Waals surface area contributed by atoms with Gasteiger partial charge < -0.3 is 15.2 Å². The van der Waals surface area contributed by atoms with Crippen molar-refractivity contribution in [1.29, 1.82) is 0 Å². The average molecular weight is 199 g/mol. The minimum atomic E-state index is -0.397. The standard InChI is InChI=1S/C10H17NO3/c12-5-6-14-9(13)11-7-10(3-4-10)8-1-2-8/h8,12H,1-7H2,(H,11,13). The summed E-state index contributed by atoms with van der Waals surface area (Å²) >= 11 is 0. The Morgan fingerprint density at radius 1 is 1.50 bits per heavy atom. The first-order valence-electron chi connectivity index (χ1n) is 5.28. The summed E-state index contributed by atoms with van der Waals surface area (Å²) in [6, 6.07) is 0. The Hall–Kier alpha value is -0.770. The van der Waals surface area contributed by atoms with Crippen LogP contribution in [0.5, 0.6) is 0 Å². The third-order valence-electron chi connectivity index (χ3n) is 3.24. The lowest BCUT2D eigenvalue weighted by atomic mass is 10.0. The average Bonchev–Trinajstić information content (AvgIpc) is 3.03. The van der Waals surface area contributed by atoms with E-state index in [1.165, 1.54) is 25.7 Å². The summed E-state index contributed by atoms with van der Waals surface area (Å²) in [7, 11) is 0. The minimum Gasteiger partial charge on any atom is -0.447 e. The molecule has 2 N–H and O–H groups in total. The highest BCUT2D eigenvalue weighted by Crippen LogP contribution is 2.60. The second-order valence-electron chi connectivity index (χ2n) is 4.35. The highest BCUT2D eigenvalue weighted by Gasteiger charge is 2.53. The lowest BCUT2D eigenvalue weighted by Gasteiger charge is -2.14. The van der Waals surface area contributed by atoms with Crippen LogP contribution in [0.2, 0.25) is 0 Å². The molecule has 0 aliphatic heterocycles. The number of ether oxygens (including phenoxy) is 1. The van der Waals surface area contributed by atoms with Crippen LogP contribution in [0.1, 0.15) is 25.7 Å². The van der Waals surface area contributed by atoms with Gasteiger partial charge in [0.2, 0.25) is 0 Å². The molecule has 1 amide bonds. The number of hydrogen-bond acceptors (Lipinski definition) is 3. The predicted molar refractivity (Wildman–Crippen MR) is 50.8 cm³/mol. The van der Waals surface area contributed by atoms with Gasteiger partial charge in [0.15, 0.2) is 0 Å². The zero-order valence-electron chi connectivity index (χ0n) is 8.29. The van der Waals surface area contributed by atoms with Crippen molar-refractivity contribution in [2.45, 2.75) is 25.7 Å². The van der Waals surface area contributed by atoms with Gasteiger partial charge in [-0.3, -0.25) is 0 Å². The van der Waals surface area contributed by atoms with E-state index in [-0.39, 0.29) is 13.2 Å². The van der Waals surface area contributed by atoms with Crippen LogP contribution in [0.4, 0.5) is 4.79 Å². The highest BCUT2D eigenvalue weighted by atomic mass is 16.6. The fraction of sp³-hybridized carbons (Fsp3) is 0.900. The van der Waals surface area contributed by atoms with Gasteiger partial charge in [-0.2, -0.15) is 0 Å². The summed E-state index contributed by atoms with van der Waals surface area (Å²) in [5, 5.41) is 11.2. The first-order chi connectivity index (χ1) is 6.77. The van der Waals surface area contributed by atoms with Gasteiger partial charge in [0.25, 0.3) is 0 Å². The fourth-order valence-corrected chi connectivity index (χ4v) is 2.02. The Morgan fingerprint density at radius 3 is 2.71 bits per heavy atom.